The largest absolute Gasteiger partial charge is 0.454 e. The van der Waals surface area contributed by atoms with Gasteiger partial charge in [-0.2, -0.15) is 0 Å². The third kappa shape index (κ3) is 3.95. The number of aromatic amines is 1. The van der Waals surface area contributed by atoms with Crippen molar-refractivity contribution < 1.29 is 14.4 Å². The first-order valence-electron chi connectivity index (χ1n) is 10.6. The van der Waals surface area contributed by atoms with Crippen LogP contribution in [0.4, 0.5) is 5.69 Å². The minimum Gasteiger partial charge on any atom is -0.454 e. The monoisotopic (exact) mass is 456 g/mol. The van der Waals surface area contributed by atoms with Crippen LogP contribution in [0.2, 0.25) is 0 Å². The maximum absolute atomic E-state index is 13.5. The molecule has 34 heavy (non-hydrogen) atoms. The molecule has 4 aromatic rings. The average Bonchev–Trinajstić information content (AvgIpc) is 3.47. The second-order valence-electron chi connectivity index (χ2n) is 7.73. The van der Waals surface area contributed by atoms with Gasteiger partial charge in [-0.25, -0.2) is 4.68 Å². The summed E-state index contributed by atoms with van der Waals surface area (Å²) in [4.78, 5) is 28.7. The Morgan fingerprint density at radius 2 is 1.79 bits per heavy atom. The quantitative estimate of drug-likeness (QED) is 0.261. The van der Waals surface area contributed by atoms with Gasteiger partial charge in [0, 0.05) is 23.4 Å². The van der Waals surface area contributed by atoms with E-state index in [1.807, 2.05) is 48.5 Å². The van der Waals surface area contributed by atoms with Gasteiger partial charge in [0.1, 0.15) is 0 Å². The number of aromatic nitrogens is 2. The van der Waals surface area contributed by atoms with Crippen LogP contribution in [0.15, 0.2) is 82.6 Å². The molecule has 0 spiro atoms. The van der Waals surface area contributed by atoms with Crippen molar-refractivity contribution in [3.63, 3.8) is 0 Å². The van der Waals surface area contributed by atoms with Crippen molar-refractivity contribution in [2.45, 2.75) is 13.5 Å². The molecule has 0 fully saturated rings. The highest BCUT2D eigenvalue weighted by molar-refractivity contribution is 6.03. The standard InChI is InChI=1S/C25H20N4O5/c1-16(26-14-17-7-12-21-22(13-17)34-15-33-21)23-24(18-5-3-2-4-6-18)27-28(25(23)30)19-8-10-20(11-9-19)29(31)32/h2-13,27H,14-15H2,1H3. The number of nitrogens with zero attached hydrogens (tertiary/aromatic N) is 3. The average molecular weight is 456 g/mol. The molecular weight excluding hydrogens is 436 g/mol. The molecule has 9 nitrogen and oxygen atoms in total. The summed E-state index contributed by atoms with van der Waals surface area (Å²) in [6, 6.07) is 20.9. The van der Waals surface area contributed by atoms with E-state index in [0.29, 0.717) is 40.7 Å². The third-order valence-corrected chi connectivity index (χ3v) is 5.57. The van der Waals surface area contributed by atoms with Gasteiger partial charge in [-0.15, -0.1) is 0 Å². The molecule has 1 N–H and O–H groups in total. The highest BCUT2D eigenvalue weighted by atomic mass is 16.7. The van der Waals surface area contributed by atoms with Gasteiger partial charge in [0.15, 0.2) is 11.5 Å². The summed E-state index contributed by atoms with van der Waals surface area (Å²) in [7, 11) is 0. The Labute approximate surface area is 194 Å². The van der Waals surface area contributed by atoms with E-state index >= 15 is 0 Å². The molecule has 0 aliphatic carbocycles. The normalized spacial score (nSPS) is 12.7. The predicted octanol–water partition coefficient (Wildman–Crippen LogP) is 4.48. The second-order valence-corrected chi connectivity index (χ2v) is 7.73. The van der Waals surface area contributed by atoms with E-state index < -0.39 is 4.92 Å². The number of aliphatic imine (C=N–C) groups is 1. The third-order valence-electron chi connectivity index (χ3n) is 5.57. The summed E-state index contributed by atoms with van der Waals surface area (Å²) in [5, 5.41) is 14.2. The minimum absolute atomic E-state index is 0.0478. The molecule has 0 saturated heterocycles. The first-order chi connectivity index (χ1) is 16.5. The molecule has 0 amide bonds. The Balaban J connectivity index is 1.55. The first kappa shape index (κ1) is 21.2. The Morgan fingerprint density at radius 3 is 2.53 bits per heavy atom. The molecule has 5 rings (SSSR count). The molecule has 1 aliphatic rings. The predicted molar refractivity (Wildman–Crippen MR) is 127 cm³/mol. The van der Waals surface area contributed by atoms with Gasteiger partial charge < -0.3 is 9.47 Å². The maximum atomic E-state index is 13.5. The Bertz CT molecular complexity index is 1450. The molecule has 1 aromatic heterocycles. The van der Waals surface area contributed by atoms with Crippen LogP contribution in [0, 0.1) is 10.1 Å². The van der Waals surface area contributed by atoms with Crippen molar-refractivity contribution >= 4 is 11.4 Å². The fraction of sp³-hybridized carbons (Fsp3) is 0.120. The van der Waals surface area contributed by atoms with Crippen LogP contribution < -0.4 is 15.0 Å². The molecule has 170 valence electrons. The number of nitro benzene ring substituents is 1. The molecular formula is C25H20N4O5. The molecule has 0 unspecified atom stereocenters. The summed E-state index contributed by atoms with van der Waals surface area (Å²) < 4.78 is 12.2. The molecule has 0 saturated carbocycles. The van der Waals surface area contributed by atoms with Crippen molar-refractivity contribution in [1.82, 2.24) is 9.78 Å². The van der Waals surface area contributed by atoms with Crippen molar-refractivity contribution in [2.75, 3.05) is 6.79 Å². The van der Waals surface area contributed by atoms with Crippen molar-refractivity contribution in [1.29, 1.82) is 0 Å². The van der Waals surface area contributed by atoms with E-state index in [2.05, 4.69) is 10.1 Å². The molecule has 3 aromatic carbocycles. The van der Waals surface area contributed by atoms with Gasteiger partial charge in [-0.3, -0.25) is 25.0 Å². The van der Waals surface area contributed by atoms with Gasteiger partial charge in [-0.1, -0.05) is 36.4 Å². The number of H-pyrrole nitrogens is 1. The van der Waals surface area contributed by atoms with Crippen LogP contribution in [-0.4, -0.2) is 27.2 Å². The summed E-state index contributed by atoms with van der Waals surface area (Å²) >= 11 is 0. The number of benzene rings is 3. The van der Waals surface area contributed by atoms with Crippen molar-refractivity contribution in [2.24, 2.45) is 4.99 Å². The van der Waals surface area contributed by atoms with Gasteiger partial charge in [0.05, 0.1) is 28.4 Å². The number of nitrogens with one attached hydrogen (secondary N) is 1. The van der Waals surface area contributed by atoms with Crippen molar-refractivity contribution in [3.8, 4) is 28.4 Å². The van der Waals surface area contributed by atoms with Gasteiger partial charge >= 0.3 is 0 Å². The number of rotatable bonds is 6. The summed E-state index contributed by atoms with van der Waals surface area (Å²) in [6.45, 7) is 2.36. The number of hydrogen-bond donors (Lipinski definition) is 1. The van der Waals surface area contributed by atoms with Gasteiger partial charge in [0.2, 0.25) is 6.79 Å². The second kappa shape index (κ2) is 8.70. The number of non-ortho nitro benzene ring substituents is 1. The van der Waals surface area contributed by atoms with E-state index in [9.17, 15) is 14.9 Å². The molecule has 0 radical (unpaired) electrons. The van der Waals surface area contributed by atoms with Gasteiger partial charge in [-0.05, 0) is 36.8 Å². The Kier molecular flexibility index (Phi) is 5.43. The van der Waals surface area contributed by atoms with Crippen LogP contribution >= 0.6 is 0 Å². The van der Waals surface area contributed by atoms with Gasteiger partial charge in [0.25, 0.3) is 11.2 Å². The van der Waals surface area contributed by atoms with Crippen LogP contribution in [-0.2, 0) is 6.54 Å². The molecule has 2 heterocycles. The maximum Gasteiger partial charge on any atom is 0.280 e. The number of nitro groups is 1. The zero-order valence-electron chi connectivity index (χ0n) is 18.2. The first-order valence-corrected chi connectivity index (χ1v) is 10.6. The zero-order chi connectivity index (χ0) is 23.7. The lowest BCUT2D eigenvalue weighted by Crippen LogP contribution is -2.19. The molecule has 1 aliphatic heterocycles. The lowest BCUT2D eigenvalue weighted by atomic mass is 10.1. The lowest BCUT2D eigenvalue weighted by molar-refractivity contribution is -0.384. The molecule has 0 atom stereocenters. The van der Waals surface area contributed by atoms with E-state index in [1.165, 1.54) is 28.9 Å². The summed E-state index contributed by atoms with van der Waals surface area (Å²) in [5.74, 6) is 1.38. The van der Waals surface area contributed by atoms with Crippen LogP contribution in [0.1, 0.15) is 18.1 Å². The minimum atomic E-state index is -0.477. The molecule has 0 bridgehead atoms. The van der Waals surface area contributed by atoms with Crippen LogP contribution in [0.3, 0.4) is 0 Å². The van der Waals surface area contributed by atoms with E-state index in [-0.39, 0.29) is 18.0 Å². The summed E-state index contributed by atoms with van der Waals surface area (Å²) in [6.07, 6.45) is 0. The number of ether oxygens (including phenoxy) is 2. The topological polar surface area (TPSA) is 112 Å². The highest BCUT2D eigenvalue weighted by Gasteiger charge is 2.20. The van der Waals surface area contributed by atoms with E-state index in [0.717, 1.165) is 11.1 Å². The van der Waals surface area contributed by atoms with E-state index in [1.54, 1.807) is 6.92 Å². The lowest BCUT2D eigenvalue weighted by Gasteiger charge is -2.04. The highest BCUT2D eigenvalue weighted by Crippen LogP contribution is 2.32. The summed E-state index contributed by atoms with van der Waals surface area (Å²) in [5.41, 5.74) is 3.53. The van der Waals surface area contributed by atoms with Crippen LogP contribution in [0.5, 0.6) is 11.5 Å². The SMILES string of the molecule is CC(=NCc1ccc2c(c1)OCO2)c1c(-c2ccccc2)[nH]n(-c2ccc([N+](=O)[O-])cc2)c1=O. The molecule has 9 heteroatoms. The zero-order valence-corrected chi connectivity index (χ0v) is 18.2. The van der Waals surface area contributed by atoms with Crippen LogP contribution in [0.25, 0.3) is 16.9 Å². The number of hydrogen-bond acceptors (Lipinski definition) is 6. The fourth-order valence-electron chi connectivity index (χ4n) is 3.82. The van der Waals surface area contributed by atoms with Crippen molar-refractivity contribution in [3.05, 3.63) is 104 Å². The number of fused-ring (bicyclic) bond motifs is 1. The Hall–Kier alpha value is -4.66. The van der Waals surface area contributed by atoms with E-state index in [4.69, 9.17) is 9.47 Å². The fourth-order valence-corrected chi connectivity index (χ4v) is 3.82. The smallest absolute Gasteiger partial charge is 0.280 e. The Morgan fingerprint density at radius 1 is 1.06 bits per heavy atom.